The number of hydrogen-bond acceptors (Lipinski definition) is 0. The van der Waals surface area contributed by atoms with Crippen molar-refractivity contribution >= 4 is 84.0 Å². The van der Waals surface area contributed by atoms with E-state index >= 15 is 0 Å². The average molecular weight is 373 g/mol. The molecule has 0 nitrogen and oxygen atoms in total. The zero-order chi connectivity index (χ0) is 3.58. The summed E-state index contributed by atoms with van der Waals surface area (Å²) in [6.45, 7) is 1.70. The summed E-state index contributed by atoms with van der Waals surface area (Å²) in [6.07, 6.45) is 0. The SMILES string of the molecule is Br.Br.Br.CC(Cl)Cl.[P]. The molecule has 0 aromatic heterocycles. The van der Waals surface area contributed by atoms with Crippen molar-refractivity contribution in [2.45, 2.75) is 11.8 Å². The summed E-state index contributed by atoms with van der Waals surface area (Å²) in [6, 6.07) is 0. The lowest BCUT2D eigenvalue weighted by Gasteiger charge is -1.72. The Morgan fingerprint density at radius 3 is 1.00 bits per heavy atom. The molecule has 0 rings (SSSR count). The maximum atomic E-state index is 5.04. The van der Waals surface area contributed by atoms with Gasteiger partial charge in [-0.2, -0.15) is 0 Å². The highest BCUT2D eigenvalue weighted by molar-refractivity contribution is 8.93. The molecule has 55 valence electrons. The largest absolute Gasteiger partial charge is 0.114 e. The van der Waals surface area contributed by atoms with Crippen molar-refractivity contribution in [1.29, 1.82) is 0 Å². The maximum absolute atomic E-state index is 5.04. The number of hydrogen-bond donors (Lipinski definition) is 0. The van der Waals surface area contributed by atoms with Crippen LogP contribution in [-0.2, 0) is 0 Å². The Morgan fingerprint density at radius 1 is 1.00 bits per heavy atom. The normalized spacial score (nSPS) is 4.50. The summed E-state index contributed by atoms with van der Waals surface area (Å²) < 4.78 is 0. The Morgan fingerprint density at radius 2 is 1.00 bits per heavy atom. The molecule has 0 saturated heterocycles. The topological polar surface area (TPSA) is 0 Å². The number of rotatable bonds is 0. The van der Waals surface area contributed by atoms with Crippen LogP contribution in [-0.4, -0.2) is 4.84 Å². The summed E-state index contributed by atoms with van der Waals surface area (Å²) in [5.74, 6) is 0. The van der Waals surface area contributed by atoms with E-state index in [1.165, 1.54) is 0 Å². The molecule has 0 aliphatic carbocycles. The Bertz CT molecular complexity index is 20.0. The summed E-state index contributed by atoms with van der Waals surface area (Å²) >= 11 is 10.1. The van der Waals surface area contributed by atoms with E-state index in [2.05, 4.69) is 0 Å². The van der Waals surface area contributed by atoms with Gasteiger partial charge >= 0.3 is 0 Å². The van der Waals surface area contributed by atoms with Crippen LogP contribution in [0.25, 0.3) is 0 Å². The molecule has 0 heterocycles. The van der Waals surface area contributed by atoms with Gasteiger partial charge in [0.25, 0.3) is 0 Å². The fraction of sp³-hybridized carbons (Fsp3) is 1.00. The Kier molecular flexibility index (Phi) is 89.2. The second-order valence-electron chi connectivity index (χ2n) is 0.519. The van der Waals surface area contributed by atoms with Gasteiger partial charge in [-0.1, -0.05) is 0 Å². The van der Waals surface area contributed by atoms with Gasteiger partial charge in [-0.15, -0.1) is 74.1 Å². The van der Waals surface area contributed by atoms with Gasteiger partial charge in [-0.3, -0.25) is 0 Å². The lowest BCUT2D eigenvalue weighted by atomic mass is 11.0. The summed E-state index contributed by atoms with van der Waals surface area (Å²) in [4.78, 5) is -0.222. The first-order chi connectivity index (χ1) is 1.73. The highest BCUT2D eigenvalue weighted by Gasteiger charge is 1.75. The van der Waals surface area contributed by atoms with Gasteiger partial charge in [0.15, 0.2) is 0 Å². The molecular formula is C2H7Br3Cl2P. The minimum absolute atomic E-state index is 0. The fourth-order valence-corrected chi connectivity index (χ4v) is 0. The standard InChI is InChI=1S/C2H4Cl2.3BrH.P/c1-2(3)4;;;;/h2H,1H3;3*1H;. The van der Waals surface area contributed by atoms with Crippen molar-refractivity contribution < 1.29 is 0 Å². The minimum Gasteiger partial charge on any atom is -0.114 e. The van der Waals surface area contributed by atoms with E-state index in [1.807, 2.05) is 0 Å². The van der Waals surface area contributed by atoms with E-state index in [4.69, 9.17) is 23.2 Å². The zero-order valence-electron chi connectivity index (χ0n) is 4.01. The van der Waals surface area contributed by atoms with Crippen LogP contribution in [0, 0.1) is 0 Å². The smallest absolute Gasteiger partial charge is 0.105 e. The molecule has 3 radical (unpaired) electrons. The second-order valence-corrected chi connectivity index (χ2v) is 2.05. The highest BCUT2D eigenvalue weighted by atomic mass is 79.9. The van der Waals surface area contributed by atoms with Crippen LogP contribution in [0.15, 0.2) is 0 Å². The average Bonchev–Trinajstić information content (AvgIpc) is 0.811. The molecule has 0 fully saturated rings. The lowest BCUT2D eigenvalue weighted by molar-refractivity contribution is 1.39. The molecule has 6 heteroatoms. The number of alkyl halides is 2. The predicted molar refractivity (Wildman–Crippen MR) is 59.1 cm³/mol. The van der Waals surface area contributed by atoms with Crippen LogP contribution in [0.1, 0.15) is 6.92 Å². The fourth-order valence-electron chi connectivity index (χ4n) is 0. The third-order valence-corrected chi connectivity index (χ3v) is 0. The molecule has 0 atom stereocenters. The molecule has 0 aromatic rings. The van der Waals surface area contributed by atoms with Gasteiger partial charge in [-0.25, -0.2) is 0 Å². The molecule has 0 saturated carbocycles. The zero-order valence-corrected chi connectivity index (χ0v) is 11.6. The highest BCUT2D eigenvalue weighted by Crippen LogP contribution is 1.95. The first kappa shape index (κ1) is 31.4. The van der Waals surface area contributed by atoms with Gasteiger partial charge in [0.2, 0.25) is 0 Å². The van der Waals surface area contributed by atoms with Gasteiger partial charge < -0.3 is 0 Å². The summed E-state index contributed by atoms with van der Waals surface area (Å²) in [7, 11) is 0. The Labute approximate surface area is 95.0 Å². The van der Waals surface area contributed by atoms with Crippen molar-refractivity contribution in [3.63, 3.8) is 0 Å². The maximum Gasteiger partial charge on any atom is 0.105 e. The van der Waals surface area contributed by atoms with Crippen molar-refractivity contribution in [3.05, 3.63) is 0 Å². The molecule has 0 aromatic carbocycles. The van der Waals surface area contributed by atoms with Crippen molar-refractivity contribution in [1.82, 2.24) is 0 Å². The first-order valence-corrected chi connectivity index (χ1v) is 1.89. The van der Waals surface area contributed by atoms with E-state index < -0.39 is 0 Å². The third-order valence-electron chi connectivity index (χ3n) is 0. The van der Waals surface area contributed by atoms with Gasteiger partial charge in [-0.05, 0) is 6.92 Å². The monoisotopic (exact) mass is 369 g/mol. The summed E-state index contributed by atoms with van der Waals surface area (Å²) in [5, 5.41) is 0. The van der Waals surface area contributed by atoms with Crippen LogP contribution in [0.3, 0.4) is 0 Å². The molecule has 0 bridgehead atoms. The van der Waals surface area contributed by atoms with Crippen LogP contribution >= 0.6 is 84.0 Å². The molecule has 0 spiro atoms. The summed E-state index contributed by atoms with van der Waals surface area (Å²) in [5.41, 5.74) is 0. The van der Waals surface area contributed by atoms with Crippen molar-refractivity contribution in [2.24, 2.45) is 0 Å². The van der Waals surface area contributed by atoms with E-state index in [0.29, 0.717) is 0 Å². The van der Waals surface area contributed by atoms with Crippen molar-refractivity contribution in [3.8, 4) is 0 Å². The molecule has 8 heavy (non-hydrogen) atoms. The second kappa shape index (κ2) is 22.7. The van der Waals surface area contributed by atoms with Crippen LogP contribution in [0.2, 0.25) is 0 Å². The Hall–Kier alpha value is 2.45. The Balaban J connectivity index is -0.00000000750. The van der Waals surface area contributed by atoms with E-state index in [-0.39, 0.29) is 65.7 Å². The van der Waals surface area contributed by atoms with Crippen LogP contribution in [0.5, 0.6) is 0 Å². The van der Waals surface area contributed by atoms with Crippen molar-refractivity contribution in [2.75, 3.05) is 0 Å². The molecule has 0 N–H and O–H groups in total. The molecule has 0 aliphatic heterocycles. The molecular weight excluding hydrogens is 366 g/mol. The van der Waals surface area contributed by atoms with Crippen LogP contribution in [0.4, 0.5) is 0 Å². The molecule has 0 aliphatic rings. The van der Waals surface area contributed by atoms with E-state index in [0.717, 1.165) is 0 Å². The molecule has 0 amide bonds. The third kappa shape index (κ3) is 78.1. The lowest BCUT2D eigenvalue weighted by Crippen LogP contribution is -1.63. The van der Waals surface area contributed by atoms with Gasteiger partial charge in [0.1, 0.15) is 4.84 Å². The molecule has 0 unspecified atom stereocenters. The number of halogens is 5. The van der Waals surface area contributed by atoms with E-state index in [9.17, 15) is 0 Å². The van der Waals surface area contributed by atoms with Gasteiger partial charge in [0, 0.05) is 9.90 Å². The van der Waals surface area contributed by atoms with Gasteiger partial charge in [0.05, 0.1) is 0 Å². The first-order valence-electron chi connectivity index (χ1n) is 1.01. The van der Waals surface area contributed by atoms with E-state index in [1.54, 1.807) is 6.92 Å². The minimum atomic E-state index is -0.222. The quantitative estimate of drug-likeness (QED) is 0.436. The predicted octanol–water partition coefficient (Wildman–Crippen LogP) is 4.40. The van der Waals surface area contributed by atoms with Crippen LogP contribution < -0.4 is 0 Å².